The normalized spacial score (nSPS) is 18.8. The number of amides is 1. The Hall–Kier alpha value is -2.24. The Morgan fingerprint density at radius 1 is 1.47 bits per heavy atom. The quantitative estimate of drug-likeness (QED) is 0.820. The molecule has 1 aliphatic heterocycles. The van der Waals surface area contributed by atoms with Crippen molar-refractivity contribution in [3.05, 3.63) is 41.8 Å². The lowest BCUT2D eigenvalue weighted by molar-refractivity contribution is 0.0704. The van der Waals surface area contributed by atoms with Crippen LogP contribution in [-0.4, -0.2) is 32.5 Å². The second-order valence-electron chi connectivity index (χ2n) is 4.55. The Morgan fingerprint density at radius 3 is 3.05 bits per heavy atom. The third-order valence-electron chi connectivity index (χ3n) is 3.23. The molecule has 1 fully saturated rings. The van der Waals surface area contributed by atoms with Gasteiger partial charge in [0.2, 0.25) is 5.89 Å². The fourth-order valence-corrected chi connectivity index (χ4v) is 2.35. The van der Waals surface area contributed by atoms with E-state index in [4.69, 9.17) is 4.52 Å². The molecule has 0 spiro atoms. The Morgan fingerprint density at radius 2 is 2.37 bits per heavy atom. The Labute approximate surface area is 110 Å². The first-order valence-corrected chi connectivity index (χ1v) is 6.28. The van der Waals surface area contributed by atoms with Gasteiger partial charge >= 0.3 is 0 Å². The average molecular weight is 258 g/mol. The fourth-order valence-electron chi connectivity index (χ4n) is 2.35. The first kappa shape index (κ1) is 11.8. The van der Waals surface area contributed by atoms with Crippen LogP contribution in [-0.2, 0) is 0 Å². The minimum Gasteiger partial charge on any atom is -0.337 e. The van der Waals surface area contributed by atoms with Crippen LogP contribution < -0.4 is 0 Å². The summed E-state index contributed by atoms with van der Waals surface area (Å²) in [4.78, 5) is 22.5. The number of hydrogen-bond donors (Lipinski definition) is 0. The molecule has 0 radical (unpaired) electrons. The zero-order valence-electron chi connectivity index (χ0n) is 10.6. The van der Waals surface area contributed by atoms with Crippen molar-refractivity contribution in [2.24, 2.45) is 0 Å². The summed E-state index contributed by atoms with van der Waals surface area (Å²) in [5.74, 6) is 1.02. The number of aryl methyl sites for hydroxylation is 1. The average Bonchev–Trinajstić information content (AvgIpc) is 3.07. The SMILES string of the molecule is Cc1noc(C2CCCN2C(=O)c2ccccn2)n1. The lowest BCUT2D eigenvalue weighted by atomic mass is 10.2. The first-order chi connectivity index (χ1) is 9.25. The van der Waals surface area contributed by atoms with E-state index < -0.39 is 0 Å². The van der Waals surface area contributed by atoms with Gasteiger partial charge < -0.3 is 9.42 Å². The molecule has 0 saturated carbocycles. The fraction of sp³-hybridized carbons (Fsp3) is 0.385. The number of carbonyl (C=O) groups is 1. The third-order valence-corrected chi connectivity index (χ3v) is 3.23. The maximum Gasteiger partial charge on any atom is 0.273 e. The highest BCUT2D eigenvalue weighted by atomic mass is 16.5. The number of carbonyl (C=O) groups excluding carboxylic acids is 1. The molecule has 1 unspecified atom stereocenters. The number of pyridine rings is 1. The van der Waals surface area contributed by atoms with E-state index in [1.54, 1.807) is 30.2 Å². The molecular formula is C13H14N4O2. The summed E-state index contributed by atoms with van der Waals surface area (Å²) in [5.41, 5.74) is 0.450. The molecule has 1 aliphatic rings. The summed E-state index contributed by atoms with van der Waals surface area (Å²) >= 11 is 0. The Kier molecular flexibility index (Phi) is 2.98. The van der Waals surface area contributed by atoms with E-state index in [9.17, 15) is 4.79 Å². The van der Waals surface area contributed by atoms with Crippen molar-refractivity contribution in [3.63, 3.8) is 0 Å². The van der Waals surface area contributed by atoms with Crippen LogP contribution in [0, 0.1) is 6.92 Å². The van der Waals surface area contributed by atoms with E-state index in [1.165, 1.54) is 0 Å². The van der Waals surface area contributed by atoms with Crippen LogP contribution in [0.5, 0.6) is 0 Å². The molecule has 6 nitrogen and oxygen atoms in total. The molecule has 0 N–H and O–H groups in total. The second kappa shape index (κ2) is 4.79. The molecular weight excluding hydrogens is 244 g/mol. The first-order valence-electron chi connectivity index (χ1n) is 6.28. The maximum atomic E-state index is 12.4. The van der Waals surface area contributed by atoms with Crippen molar-refractivity contribution in [2.75, 3.05) is 6.54 Å². The summed E-state index contributed by atoms with van der Waals surface area (Å²) in [6.45, 7) is 2.47. The van der Waals surface area contributed by atoms with E-state index in [0.717, 1.165) is 12.8 Å². The van der Waals surface area contributed by atoms with E-state index in [2.05, 4.69) is 15.1 Å². The third kappa shape index (κ3) is 2.21. The van der Waals surface area contributed by atoms with E-state index >= 15 is 0 Å². The molecule has 19 heavy (non-hydrogen) atoms. The number of likely N-dealkylation sites (tertiary alicyclic amines) is 1. The van der Waals surface area contributed by atoms with E-state index in [1.807, 2.05) is 6.07 Å². The van der Waals surface area contributed by atoms with Crippen LogP contribution in [0.25, 0.3) is 0 Å². The molecule has 3 heterocycles. The standard InChI is InChI=1S/C13H14N4O2/c1-9-15-12(19-16-9)11-6-4-8-17(11)13(18)10-5-2-3-7-14-10/h2-3,5,7,11H,4,6,8H2,1H3. The van der Waals surface area contributed by atoms with Gasteiger partial charge in [0, 0.05) is 12.7 Å². The van der Waals surface area contributed by atoms with Gasteiger partial charge in [0.25, 0.3) is 5.91 Å². The van der Waals surface area contributed by atoms with Gasteiger partial charge in [-0.15, -0.1) is 0 Å². The van der Waals surface area contributed by atoms with Crippen molar-refractivity contribution in [2.45, 2.75) is 25.8 Å². The van der Waals surface area contributed by atoms with Crippen molar-refractivity contribution in [1.82, 2.24) is 20.0 Å². The monoisotopic (exact) mass is 258 g/mol. The van der Waals surface area contributed by atoms with E-state index in [0.29, 0.717) is 24.0 Å². The van der Waals surface area contributed by atoms with Crippen LogP contribution >= 0.6 is 0 Å². The molecule has 3 rings (SSSR count). The highest BCUT2D eigenvalue weighted by Crippen LogP contribution is 2.31. The summed E-state index contributed by atoms with van der Waals surface area (Å²) in [6, 6.07) is 5.19. The Bertz CT molecular complexity index is 581. The zero-order chi connectivity index (χ0) is 13.2. The van der Waals surface area contributed by atoms with Gasteiger partial charge in [0.1, 0.15) is 11.7 Å². The van der Waals surface area contributed by atoms with Gasteiger partial charge in [-0.3, -0.25) is 9.78 Å². The van der Waals surface area contributed by atoms with Crippen LogP contribution in [0.1, 0.15) is 41.1 Å². The highest BCUT2D eigenvalue weighted by molar-refractivity contribution is 5.92. The minimum absolute atomic E-state index is 0.0843. The van der Waals surface area contributed by atoms with Gasteiger partial charge in [-0.1, -0.05) is 11.2 Å². The van der Waals surface area contributed by atoms with Crippen molar-refractivity contribution < 1.29 is 9.32 Å². The molecule has 2 aromatic heterocycles. The largest absolute Gasteiger partial charge is 0.337 e. The van der Waals surface area contributed by atoms with Gasteiger partial charge in [0.05, 0.1) is 0 Å². The second-order valence-corrected chi connectivity index (χ2v) is 4.55. The van der Waals surface area contributed by atoms with E-state index in [-0.39, 0.29) is 11.9 Å². The molecule has 1 atom stereocenters. The molecule has 0 aliphatic carbocycles. The molecule has 0 aromatic carbocycles. The molecule has 1 amide bonds. The van der Waals surface area contributed by atoms with Gasteiger partial charge in [0.15, 0.2) is 5.82 Å². The Balaban J connectivity index is 1.86. The summed E-state index contributed by atoms with van der Waals surface area (Å²) in [7, 11) is 0. The van der Waals surface area contributed by atoms with Crippen LogP contribution in [0.3, 0.4) is 0 Å². The molecule has 1 saturated heterocycles. The molecule has 98 valence electrons. The zero-order valence-corrected chi connectivity index (χ0v) is 10.6. The summed E-state index contributed by atoms with van der Waals surface area (Å²) in [5, 5.41) is 3.79. The smallest absolute Gasteiger partial charge is 0.273 e. The van der Waals surface area contributed by atoms with Crippen molar-refractivity contribution in [3.8, 4) is 0 Å². The number of aromatic nitrogens is 3. The summed E-state index contributed by atoms with van der Waals surface area (Å²) in [6.07, 6.45) is 3.40. The maximum absolute atomic E-state index is 12.4. The molecule has 2 aromatic rings. The van der Waals surface area contributed by atoms with Crippen LogP contribution in [0.2, 0.25) is 0 Å². The lowest BCUT2D eigenvalue weighted by Crippen LogP contribution is -2.31. The number of hydrogen-bond acceptors (Lipinski definition) is 5. The van der Waals surface area contributed by atoms with Gasteiger partial charge in [-0.25, -0.2) is 0 Å². The summed E-state index contributed by atoms with van der Waals surface area (Å²) < 4.78 is 5.19. The van der Waals surface area contributed by atoms with Gasteiger partial charge in [-0.2, -0.15) is 4.98 Å². The van der Waals surface area contributed by atoms with Crippen LogP contribution in [0.4, 0.5) is 0 Å². The lowest BCUT2D eigenvalue weighted by Gasteiger charge is -2.21. The predicted octanol–water partition coefficient (Wildman–Crippen LogP) is 1.75. The highest BCUT2D eigenvalue weighted by Gasteiger charge is 2.34. The van der Waals surface area contributed by atoms with Crippen LogP contribution in [0.15, 0.2) is 28.9 Å². The number of rotatable bonds is 2. The molecule has 0 bridgehead atoms. The van der Waals surface area contributed by atoms with Crippen molar-refractivity contribution >= 4 is 5.91 Å². The minimum atomic E-state index is -0.129. The van der Waals surface area contributed by atoms with Crippen molar-refractivity contribution in [1.29, 1.82) is 0 Å². The number of nitrogens with zero attached hydrogens (tertiary/aromatic N) is 4. The van der Waals surface area contributed by atoms with Gasteiger partial charge in [-0.05, 0) is 31.9 Å². The predicted molar refractivity (Wildman–Crippen MR) is 66.3 cm³/mol. The topological polar surface area (TPSA) is 72.1 Å². The molecule has 6 heteroatoms.